The zero-order valence-corrected chi connectivity index (χ0v) is 14.1. The van der Waals surface area contributed by atoms with Gasteiger partial charge in [0.25, 0.3) is 0 Å². The lowest BCUT2D eigenvalue weighted by Gasteiger charge is -2.25. The number of nitrogens with zero attached hydrogens (tertiary/aromatic N) is 2. The van der Waals surface area contributed by atoms with Crippen LogP contribution in [-0.2, 0) is 0 Å². The highest BCUT2D eigenvalue weighted by atomic mass is 16.5. The second kappa shape index (κ2) is 7.68. The minimum absolute atomic E-state index is 0.196. The molecule has 130 valence electrons. The number of ether oxygens (including phenoxy) is 2. The molecule has 1 saturated heterocycles. The monoisotopic (exact) mass is 332 g/mol. The Hall–Kier alpha value is -2.05. The average Bonchev–Trinajstić information content (AvgIpc) is 3.22. The van der Waals surface area contributed by atoms with Gasteiger partial charge in [-0.1, -0.05) is 5.16 Å². The predicted molar refractivity (Wildman–Crippen MR) is 89.3 cm³/mol. The average molecular weight is 332 g/mol. The standard InChI is InChI=1S/C18H24N2O4/c1-13-10-18(24-19-13)17-4-3-9-20(17)11-14(21)12-23-16-7-5-15(22-2)6-8-16/h5-8,10,14,17,21H,3-4,9,11-12H2,1-2H3/t14-,17-/m1/s1. The van der Waals surface area contributed by atoms with Crippen LogP contribution in [0.2, 0.25) is 0 Å². The molecule has 0 aliphatic carbocycles. The van der Waals surface area contributed by atoms with Crippen molar-refractivity contribution in [1.29, 1.82) is 0 Å². The summed E-state index contributed by atoms with van der Waals surface area (Å²) in [5, 5.41) is 14.3. The molecule has 1 aromatic heterocycles. The van der Waals surface area contributed by atoms with Gasteiger partial charge in [0.05, 0.1) is 18.8 Å². The van der Waals surface area contributed by atoms with E-state index in [4.69, 9.17) is 14.0 Å². The largest absolute Gasteiger partial charge is 0.497 e. The predicted octanol–water partition coefficient (Wildman–Crippen LogP) is 2.57. The van der Waals surface area contributed by atoms with E-state index in [2.05, 4.69) is 10.1 Å². The minimum Gasteiger partial charge on any atom is -0.497 e. The molecule has 1 aliphatic heterocycles. The summed E-state index contributed by atoms with van der Waals surface area (Å²) in [6, 6.07) is 9.52. The van der Waals surface area contributed by atoms with Gasteiger partial charge in [-0.2, -0.15) is 0 Å². The van der Waals surface area contributed by atoms with Crippen molar-refractivity contribution in [3.05, 3.63) is 41.8 Å². The van der Waals surface area contributed by atoms with Crippen molar-refractivity contribution in [1.82, 2.24) is 10.1 Å². The molecular weight excluding hydrogens is 308 g/mol. The number of benzene rings is 1. The normalized spacial score (nSPS) is 19.4. The van der Waals surface area contributed by atoms with Gasteiger partial charge < -0.3 is 19.1 Å². The Labute approximate surface area is 142 Å². The number of hydrogen-bond donors (Lipinski definition) is 1. The van der Waals surface area contributed by atoms with Gasteiger partial charge in [-0.15, -0.1) is 0 Å². The summed E-state index contributed by atoms with van der Waals surface area (Å²) in [5.74, 6) is 2.39. The number of β-amino-alcohol motifs (C(OH)–C–C–N with tert-alkyl or cyclic N) is 1. The van der Waals surface area contributed by atoms with Crippen molar-refractivity contribution in [3.63, 3.8) is 0 Å². The third-order valence-corrected chi connectivity index (χ3v) is 4.29. The first-order chi connectivity index (χ1) is 11.7. The van der Waals surface area contributed by atoms with Crippen LogP contribution in [0, 0.1) is 6.92 Å². The number of methoxy groups -OCH3 is 1. The Morgan fingerprint density at radius 2 is 2.08 bits per heavy atom. The van der Waals surface area contributed by atoms with Crippen LogP contribution in [0.3, 0.4) is 0 Å². The van der Waals surface area contributed by atoms with E-state index in [-0.39, 0.29) is 12.6 Å². The van der Waals surface area contributed by atoms with E-state index in [1.54, 1.807) is 7.11 Å². The van der Waals surface area contributed by atoms with Gasteiger partial charge in [-0.25, -0.2) is 0 Å². The molecule has 3 rings (SSSR count). The molecule has 1 N–H and O–H groups in total. The van der Waals surface area contributed by atoms with Crippen molar-refractivity contribution in [2.24, 2.45) is 0 Å². The van der Waals surface area contributed by atoms with E-state index in [0.717, 1.165) is 42.3 Å². The van der Waals surface area contributed by atoms with Gasteiger partial charge in [-0.05, 0) is 50.6 Å². The van der Waals surface area contributed by atoms with Crippen LogP contribution >= 0.6 is 0 Å². The van der Waals surface area contributed by atoms with Crippen LogP contribution < -0.4 is 9.47 Å². The Bertz CT molecular complexity index is 641. The number of likely N-dealkylation sites (tertiary alicyclic amines) is 1. The Morgan fingerprint density at radius 3 is 2.75 bits per heavy atom. The van der Waals surface area contributed by atoms with Gasteiger partial charge in [0, 0.05) is 12.6 Å². The van der Waals surface area contributed by atoms with E-state index in [9.17, 15) is 5.11 Å². The first-order valence-electron chi connectivity index (χ1n) is 8.28. The molecule has 0 bridgehead atoms. The summed E-state index contributed by atoms with van der Waals surface area (Å²) in [6.07, 6.45) is 1.56. The van der Waals surface area contributed by atoms with E-state index in [1.807, 2.05) is 37.3 Å². The number of aliphatic hydroxyl groups excluding tert-OH is 1. The summed E-state index contributed by atoms with van der Waals surface area (Å²) in [6.45, 7) is 3.68. The van der Waals surface area contributed by atoms with Gasteiger partial charge >= 0.3 is 0 Å². The number of hydrogen-bond acceptors (Lipinski definition) is 6. The van der Waals surface area contributed by atoms with Crippen LogP contribution in [0.1, 0.15) is 30.3 Å². The van der Waals surface area contributed by atoms with Crippen LogP contribution in [-0.4, -0.2) is 48.1 Å². The van der Waals surface area contributed by atoms with Crippen LogP contribution in [0.5, 0.6) is 11.5 Å². The van der Waals surface area contributed by atoms with Crippen molar-refractivity contribution in [2.75, 3.05) is 26.8 Å². The lowest BCUT2D eigenvalue weighted by molar-refractivity contribution is 0.0598. The highest BCUT2D eigenvalue weighted by molar-refractivity contribution is 5.31. The molecule has 24 heavy (non-hydrogen) atoms. The van der Waals surface area contributed by atoms with E-state index >= 15 is 0 Å². The molecule has 2 heterocycles. The molecule has 1 aliphatic rings. The van der Waals surface area contributed by atoms with Crippen molar-refractivity contribution < 1.29 is 19.1 Å². The summed E-state index contributed by atoms with van der Waals surface area (Å²) >= 11 is 0. The highest BCUT2D eigenvalue weighted by Crippen LogP contribution is 2.32. The minimum atomic E-state index is -0.559. The number of aromatic nitrogens is 1. The quantitative estimate of drug-likeness (QED) is 0.840. The highest BCUT2D eigenvalue weighted by Gasteiger charge is 2.30. The Morgan fingerprint density at radius 1 is 1.33 bits per heavy atom. The Kier molecular flexibility index (Phi) is 5.37. The molecule has 0 radical (unpaired) electrons. The van der Waals surface area contributed by atoms with Crippen molar-refractivity contribution >= 4 is 0 Å². The molecule has 6 heteroatoms. The van der Waals surface area contributed by atoms with Gasteiger partial charge in [-0.3, -0.25) is 4.90 Å². The fourth-order valence-electron chi connectivity index (χ4n) is 3.09. The third kappa shape index (κ3) is 4.07. The summed E-state index contributed by atoms with van der Waals surface area (Å²) in [7, 11) is 1.63. The van der Waals surface area contributed by atoms with E-state index in [1.165, 1.54) is 0 Å². The molecule has 0 unspecified atom stereocenters. The number of aliphatic hydroxyl groups is 1. The maximum absolute atomic E-state index is 10.3. The molecule has 2 atom stereocenters. The maximum Gasteiger partial charge on any atom is 0.154 e. The summed E-state index contributed by atoms with van der Waals surface area (Å²) < 4.78 is 16.2. The van der Waals surface area contributed by atoms with Crippen molar-refractivity contribution in [3.8, 4) is 11.5 Å². The fraction of sp³-hybridized carbons (Fsp3) is 0.500. The van der Waals surface area contributed by atoms with Gasteiger partial charge in [0.1, 0.15) is 24.2 Å². The molecule has 1 fully saturated rings. The van der Waals surface area contributed by atoms with E-state index < -0.39 is 6.10 Å². The maximum atomic E-state index is 10.3. The smallest absolute Gasteiger partial charge is 0.154 e. The van der Waals surface area contributed by atoms with Gasteiger partial charge in [0.15, 0.2) is 5.76 Å². The number of aryl methyl sites for hydroxylation is 1. The zero-order valence-electron chi connectivity index (χ0n) is 14.1. The number of rotatable bonds is 7. The van der Waals surface area contributed by atoms with Crippen LogP contribution in [0.15, 0.2) is 34.9 Å². The lowest BCUT2D eigenvalue weighted by atomic mass is 10.1. The van der Waals surface area contributed by atoms with Gasteiger partial charge in [0.2, 0.25) is 0 Å². The molecule has 1 aromatic carbocycles. The second-order valence-electron chi connectivity index (χ2n) is 6.16. The first kappa shape index (κ1) is 16.8. The summed E-state index contributed by atoms with van der Waals surface area (Å²) in [5.41, 5.74) is 0.889. The SMILES string of the molecule is COc1ccc(OC[C@H](O)CN2CCC[C@@H]2c2cc(C)no2)cc1. The molecular formula is C18H24N2O4. The third-order valence-electron chi connectivity index (χ3n) is 4.29. The first-order valence-corrected chi connectivity index (χ1v) is 8.28. The summed E-state index contributed by atoms with van der Waals surface area (Å²) in [4.78, 5) is 2.24. The Balaban J connectivity index is 1.51. The fourth-order valence-corrected chi connectivity index (χ4v) is 3.09. The lowest BCUT2D eigenvalue weighted by Crippen LogP contribution is -2.35. The van der Waals surface area contributed by atoms with E-state index in [0.29, 0.717) is 6.54 Å². The molecule has 0 amide bonds. The molecule has 0 spiro atoms. The van der Waals surface area contributed by atoms with Crippen LogP contribution in [0.25, 0.3) is 0 Å². The molecule has 0 saturated carbocycles. The zero-order chi connectivity index (χ0) is 16.9. The molecule has 6 nitrogen and oxygen atoms in total. The second-order valence-corrected chi connectivity index (χ2v) is 6.16. The van der Waals surface area contributed by atoms with Crippen LogP contribution in [0.4, 0.5) is 0 Å². The topological polar surface area (TPSA) is 68.0 Å². The molecule has 2 aromatic rings. The van der Waals surface area contributed by atoms with Crippen molar-refractivity contribution in [2.45, 2.75) is 31.9 Å².